The number of para-hydroxylation sites is 1. The Morgan fingerprint density at radius 2 is 1.73 bits per heavy atom. The molecule has 250 valence electrons. The lowest BCUT2D eigenvalue weighted by molar-refractivity contribution is 0.0123. The van der Waals surface area contributed by atoms with Crippen molar-refractivity contribution in [3.8, 4) is 28.8 Å². The van der Waals surface area contributed by atoms with Crippen molar-refractivity contribution < 1.29 is 24.2 Å². The smallest absolute Gasteiger partial charge is 0.410 e. The third-order valence-electron chi connectivity index (χ3n) is 8.85. The van der Waals surface area contributed by atoms with E-state index in [0.29, 0.717) is 66.1 Å². The molecule has 2 aliphatic rings. The van der Waals surface area contributed by atoms with Gasteiger partial charge in [-0.05, 0) is 69.9 Å². The minimum atomic E-state index is -1.13. The van der Waals surface area contributed by atoms with Crippen LogP contribution in [0.4, 0.5) is 10.6 Å². The maximum Gasteiger partial charge on any atom is 0.410 e. The van der Waals surface area contributed by atoms with Crippen molar-refractivity contribution in [2.75, 3.05) is 31.1 Å². The predicted molar refractivity (Wildman–Crippen MR) is 180 cm³/mol. The van der Waals surface area contributed by atoms with Gasteiger partial charge in [0.1, 0.15) is 17.5 Å². The highest BCUT2D eigenvalue weighted by Gasteiger charge is 2.31. The average Bonchev–Trinajstić information content (AvgIpc) is 3.45. The Morgan fingerprint density at radius 1 is 1.02 bits per heavy atom. The quantitative estimate of drug-likeness (QED) is 0.243. The number of rotatable bonds is 7. The van der Waals surface area contributed by atoms with Gasteiger partial charge in [-0.25, -0.2) is 24.2 Å². The molecule has 1 N–H and O–H groups in total. The van der Waals surface area contributed by atoms with E-state index in [1.54, 1.807) is 15.8 Å². The normalized spacial score (nSPS) is 16.1. The van der Waals surface area contributed by atoms with E-state index in [2.05, 4.69) is 11.0 Å². The van der Waals surface area contributed by atoms with Crippen LogP contribution in [0.1, 0.15) is 69.4 Å². The van der Waals surface area contributed by atoms with Gasteiger partial charge in [-0.3, -0.25) is 0 Å². The fraction of sp³-hybridized carbons (Fsp3) is 0.444. The van der Waals surface area contributed by atoms with Gasteiger partial charge in [0.2, 0.25) is 5.88 Å². The second-order valence-corrected chi connectivity index (χ2v) is 13.3. The number of carboxylic acids is 1. The van der Waals surface area contributed by atoms with E-state index < -0.39 is 11.6 Å². The number of hydrogen-bond acceptors (Lipinski definition) is 9. The number of carboxylic acid groups (broad SMARTS) is 1. The number of benzene rings is 1. The van der Waals surface area contributed by atoms with Gasteiger partial charge in [0, 0.05) is 62.3 Å². The van der Waals surface area contributed by atoms with E-state index >= 15 is 0 Å². The lowest BCUT2D eigenvalue weighted by atomic mass is 9.95. The zero-order chi connectivity index (χ0) is 34.0. The summed E-state index contributed by atoms with van der Waals surface area (Å²) >= 11 is 0. The molecule has 12 heteroatoms. The van der Waals surface area contributed by atoms with Crippen LogP contribution in [0.3, 0.4) is 0 Å². The first kappa shape index (κ1) is 32.7. The highest BCUT2D eigenvalue weighted by molar-refractivity contribution is 6.03. The van der Waals surface area contributed by atoms with Crippen molar-refractivity contribution in [2.45, 2.75) is 71.5 Å². The summed E-state index contributed by atoms with van der Waals surface area (Å²) in [5.41, 5.74) is 2.43. The first-order valence-corrected chi connectivity index (χ1v) is 16.6. The molecule has 0 unspecified atom stereocenters. The number of pyridine rings is 2. The molecule has 2 aliphatic heterocycles. The summed E-state index contributed by atoms with van der Waals surface area (Å²) in [5, 5.41) is 25.2. The molecule has 3 aromatic heterocycles. The molecule has 1 aromatic carbocycles. The van der Waals surface area contributed by atoms with Crippen LogP contribution < -0.4 is 9.64 Å². The average molecular weight is 652 g/mol. The Morgan fingerprint density at radius 3 is 2.31 bits per heavy atom. The third kappa shape index (κ3) is 6.76. The molecule has 0 bridgehead atoms. The molecule has 0 radical (unpaired) electrons. The molecule has 5 heterocycles. The van der Waals surface area contributed by atoms with E-state index in [-0.39, 0.29) is 23.8 Å². The van der Waals surface area contributed by atoms with Crippen LogP contribution >= 0.6 is 0 Å². The molecule has 4 aromatic rings. The summed E-state index contributed by atoms with van der Waals surface area (Å²) in [7, 11) is 0. The number of aromatic carboxylic acids is 1. The predicted octanol–water partition coefficient (Wildman–Crippen LogP) is 6.26. The molecule has 2 fully saturated rings. The van der Waals surface area contributed by atoms with Crippen LogP contribution in [-0.2, 0) is 11.2 Å². The van der Waals surface area contributed by atoms with Crippen LogP contribution in [0.25, 0.3) is 27.8 Å². The van der Waals surface area contributed by atoms with Gasteiger partial charge in [-0.1, -0.05) is 25.1 Å². The van der Waals surface area contributed by atoms with Gasteiger partial charge in [0.25, 0.3) is 0 Å². The molecule has 12 nitrogen and oxygen atoms in total. The van der Waals surface area contributed by atoms with Crippen molar-refractivity contribution in [3.63, 3.8) is 0 Å². The first-order chi connectivity index (χ1) is 23.1. The minimum absolute atomic E-state index is 0.0445. The Kier molecular flexibility index (Phi) is 9.22. The fourth-order valence-corrected chi connectivity index (χ4v) is 6.43. The largest absolute Gasteiger partial charge is 0.477 e. The summed E-state index contributed by atoms with van der Waals surface area (Å²) in [4.78, 5) is 38.7. The van der Waals surface area contributed by atoms with E-state index in [1.165, 1.54) is 0 Å². The molecule has 1 amide bonds. The number of nitriles is 1. The molecular weight excluding hydrogens is 610 g/mol. The van der Waals surface area contributed by atoms with Gasteiger partial charge >= 0.3 is 12.1 Å². The van der Waals surface area contributed by atoms with E-state index in [0.717, 1.165) is 37.3 Å². The SMILES string of the molecule is CCc1c(C(=O)O)nc2c(c(OC3CCN(C(=O)OC(C)(C)C)CC3)nn2-c2ccccc2)c1-c1ccc(N2CCC(C#N)CC2)nc1. The van der Waals surface area contributed by atoms with Crippen LogP contribution in [0, 0.1) is 17.2 Å². The van der Waals surface area contributed by atoms with Crippen molar-refractivity contribution in [2.24, 2.45) is 5.92 Å². The number of aromatic nitrogens is 4. The zero-order valence-corrected chi connectivity index (χ0v) is 27.8. The molecule has 6 rings (SSSR count). The van der Waals surface area contributed by atoms with Gasteiger partial charge in [-0.15, -0.1) is 5.10 Å². The number of carbonyl (C=O) groups excluding carboxylic acids is 1. The Bertz CT molecular complexity index is 1830. The first-order valence-electron chi connectivity index (χ1n) is 16.6. The van der Waals surface area contributed by atoms with Crippen LogP contribution in [0.2, 0.25) is 0 Å². The van der Waals surface area contributed by atoms with E-state index in [1.807, 2.05) is 70.2 Å². The summed E-state index contributed by atoms with van der Waals surface area (Å²) in [5.74, 6) is 0.0977. The van der Waals surface area contributed by atoms with E-state index in [4.69, 9.17) is 24.5 Å². The number of hydrogen-bond donors (Lipinski definition) is 1. The Hall–Kier alpha value is -5.18. The second-order valence-electron chi connectivity index (χ2n) is 13.3. The molecule has 0 spiro atoms. The fourth-order valence-electron chi connectivity index (χ4n) is 6.43. The standard InChI is InChI=1S/C36H41N7O5/c1-5-27-29(24-11-12-28(38-22-24)41-17-13-23(21-37)14-18-41)30-32(39-31(27)34(44)45)43(25-9-7-6-8-10-25)40-33(30)47-26-15-19-42(20-16-26)35(46)48-36(2,3)4/h6-12,22-23,26H,5,13-20H2,1-4H3,(H,44,45). The lowest BCUT2D eigenvalue weighted by Crippen LogP contribution is -2.44. The zero-order valence-electron chi connectivity index (χ0n) is 27.8. The number of carbonyl (C=O) groups is 2. The number of piperidine rings is 2. The number of fused-ring (bicyclic) bond motifs is 1. The van der Waals surface area contributed by atoms with Crippen LogP contribution in [0.5, 0.6) is 5.88 Å². The Balaban J connectivity index is 1.42. The summed E-state index contributed by atoms with van der Waals surface area (Å²) < 4.78 is 13.9. The van der Waals surface area contributed by atoms with Crippen LogP contribution in [0.15, 0.2) is 48.7 Å². The van der Waals surface area contributed by atoms with E-state index in [9.17, 15) is 20.0 Å². The molecule has 0 atom stereocenters. The molecule has 2 saturated heterocycles. The number of anilines is 1. The van der Waals surface area contributed by atoms with Crippen molar-refractivity contribution >= 4 is 28.9 Å². The van der Waals surface area contributed by atoms with Crippen molar-refractivity contribution in [3.05, 3.63) is 59.9 Å². The number of likely N-dealkylation sites (tertiary alicyclic amines) is 1. The second kappa shape index (κ2) is 13.5. The Labute approximate surface area is 279 Å². The summed E-state index contributed by atoms with van der Waals surface area (Å²) in [6.45, 7) is 9.91. The maximum absolute atomic E-state index is 12.7. The van der Waals surface area contributed by atoms with Gasteiger partial charge in [0.05, 0.1) is 17.1 Å². The van der Waals surface area contributed by atoms with Crippen molar-refractivity contribution in [1.29, 1.82) is 5.26 Å². The topological polar surface area (TPSA) is 147 Å². The third-order valence-corrected chi connectivity index (χ3v) is 8.85. The number of nitrogens with zero attached hydrogens (tertiary/aromatic N) is 7. The highest BCUT2D eigenvalue weighted by atomic mass is 16.6. The highest BCUT2D eigenvalue weighted by Crippen LogP contribution is 2.40. The molecule has 48 heavy (non-hydrogen) atoms. The summed E-state index contributed by atoms with van der Waals surface area (Å²) in [6.07, 6.45) is 4.35. The minimum Gasteiger partial charge on any atom is -0.477 e. The molecule has 0 aliphatic carbocycles. The van der Waals surface area contributed by atoms with Crippen LogP contribution in [-0.4, -0.2) is 79.7 Å². The van der Waals surface area contributed by atoms with Crippen molar-refractivity contribution in [1.82, 2.24) is 24.6 Å². The molecule has 0 saturated carbocycles. The van der Waals surface area contributed by atoms with Gasteiger partial charge in [-0.2, -0.15) is 5.26 Å². The molecular formula is C36H41N7O5. The monoisotopic (exact) mass is 651 g/mol. The number of ether oxygens (including phenoxy) is 2. The maximum atomic E-state index is 12.7. The van der Waals surface area contributed by atoms with Gasteiger partial charge < -0.3 is 24.4 Å². The lowest BCUT2D eigenvalue weighted by Gasteiger charge is -2.33. The number of amides is 1. The van der Waals surface area contributed by atoms with Gasteiger partial charge in [0.15, 0.2) is 11.3 Å². The summed E-state index contributed by atoms with van der Waals surface area (Å²) in [6, 6.07) is 15.7.